The SMILES string of the molecule is CC(NC(=O)C(C)(C)C)C(=O)NC(C)(C(=O)O)C(F)(F)F. The number of hydrogen-bond donors (Lipinski definition) is 3. The van der Waals surface area contributed by atoms with Crippen molar-refractivity contribution in [1.82, 2.24) is 10.6 Å². The standard InChI is InChI=1S/C12H19F3N2O4/c1-6(16-8(19)10(2,3)4)7(18)17-11(5,9(20)21)12(13,14)15/h6H,1-5H3,(H,16,19)(H,17,18)(H,20,21). The first-order valence-electron chi connectivity index (χ1n) is 6.06. The molecule has 0 radical (unpaired) electrons. The first kappa shape index (κ1) is 19.2. The van der Waals surface area contributed by atoms with Crippen LogP contribution in [0, 0.1) is 5.41 Å². The van der Waals surface area contributed by atoms with Crippen molar-refractivity contribution in [3.63, 3.8) is 0 Å². The average Bonchev–Trinajstić information content (AvgIpc) is 2.25. The van der Waals surface area contributed by atoms with Gasteiger partial charge in [0.05, 0.1) is 0 Å². The molecule has 0 aromatic rings. The maximum absolute atomic E-state index is 12.7. The van der Waals surface area contributed by atoms with Gasteiger partial charge in [-0.15, -0.1) is 0 Å². The van der Waals surface area contributed by atoms with E-state index >= 15 is 0 Å². The van der Waals surface area contributed by atoms with Gasteiger partial charge in [-0.05, 0) is 13.8 Å². The Bertz CT molecular complexity index is 443. The fourth-order valence-electron chi connectivity index (χ4n) is 1.08. The van der Waals surface area contributed by atoms with Crippen LogP contribution in [0.1, 0.15) is 34.6 Å². The molecule has 2 unspecified atom stereocenters. The number of carboxylic acids is 1. The Morgan fingerprint density at radius 1 is 1.05 bits per heavy atom. The van der Waals surface area contributed by atoms with Gasteiger partial charge in [0.25, 0.3) is 0 Å². The zero-order valence-electron chi connectivity index (χ0n) is 12.4. The van der Waals surface area contributed by atoms with E-state index in [0.717, 1.165) is 6.92 Å². The van der Waals surface area contributed by atoms with E-state index in [9.17, 15) is 27.6 Å². The zero-order valence-corrected chi connectivity index (χ0v) is 12.4. The summed E-state index contributed by atoms with van der Waals surface area (Å²) in [5.41, 5.74) is -4.26. The third-order valence-electron chi connectivity index (χ3n) is 2.79. The summed E-state index contributed by atoms with van der Waals surface area (Å²) >= 11 is 0. The second-order valence-corrected chi connectivity index (χ2v) is 5.86. The number of carbonyl (C=O) groups is 3. The van der Waals surface area contributed by atoms with Gasteiger partial charge in [-0.25, -0.2) is 4.79 Å². The lowest BCUT2D eigenvalue weighted by molar-refractivity contribution is -0.207. The first-order chi connectivity index (χ1) is 9.13. The van der Waals surface area contributed by atoms with Crippen molar-refractivity contribution < 1.29 is 32.7 Å². The molecule has 0 saturated heterocycles. The fourth-order valence-corrected chi connectivity index (χ4v) is 1.08. The van der Waals surface area contributed by atoms with Crippen LogP contribution in [0.15, 0.2) is 0 Å². The molecule has 0 bridgehead atoms. The van der Waals surface area contributed by atoms with Crippen molar-refractivity contribution in [2.75, 3.05) is 0 Å². The van der Waals surface area contributed by atoms with Crippen LogP contribution < -0.4 is 10.6 Å². The molecule has 2 atom stereocenters. The third-order valence-corrected chi connectivity index (χ3v) is 2.79. The van der Waals surface area contributed by atoms with Crippen molar-refractivity contribution in [2.45, 2.75) is 52.4 Å². The van der Waals surface area contributed by atoms with Crippen molar-refractivity contribution >= 4 is 17.8 Å². The van der Waals surface area contributed by atoms with E-state index in [1.165, 1.54) is 5.32 Å². The largest absolute Gasteiger partial charge is 0.479 e. The molecule has 0 aromatic carbocycles. The van der Waals surface area contributed by atoms with Gasteiger partial charge in [0.2, 0.25) is 17.4 Å². The lowest BCUT2D eigenvalue weighted by Gasteiger charge is -2.30. The van der Waals surface area contributed by atoms with Gasteiger partial charge in [0.15, 0.2) is 0 Å². The number of amides is 2. The van der Waals surface area contributed by atoms with E-state index in [-0.39, 0.29) is 0 Å². The van der Waals surface area contributed by atoms with Crippen LogP contribution in [0.4, 0.5) is 13.2 Å². The lowest BCUT2D eigenvalue weighted by Crippen LogP contribution is -2.64. The Morgan fingerprint density at radius 3 is 1.76 bits per heavy atom. The van der Waals surface area contributed by atoms with Crippen molar-refractivity contribution in [3.05, 3.63) is 0 Å². The number of halogens is 3. The van der Waals surface area contributed by atoms with Crippen LogP contribution in [-0.2, 0) is 14.4 Å². The molecule has 0 aliphatic rings. The van der Waals surface area contributed by atoms with E-state index in [1.807, 2.05) is 0 Å². The molecular weight excluding hydrogens is 293 g/mol. The predicted octanol–water partition coefficient (Wildman–Crippen LogP) is 1.06. The quantitative estimate of drug-likeness (QED) is 0.723. The summed E-state index contributed by atoms with van der Waals surface area (Å²) in [4.78, 5) is 34.1. The van der Waals surface area contributed by atoms with Gasteiger partial charge in [0.1, 0.15) is 6.04 Å². The van der Waals surface area contributed by atoms with E-state index in [1.54, 1.807) is 20.8 Å². The summed E-state index contributed by atoms with van der Waals surface area (Å²) in [6.45, 7) is 6.18. The zero-order chi connectivity index (χ0) is 17.2. The Morgan fingerprint density at radius 2 is 1.48 bits per heavy atom. The number of nitrogens with one attached hydrogen (secondary N) is 2. The van der Waals surface area contributed by atoms with Crippen molar-refractivity contribution in [1.29, 1.82) is 0 Å². The Labute approximate surface area is 120 Å². The van der Waals surface area contributed by atoms with Crippen LogP contribution in [0.2, 0.25) is 0 Å². The molecule has 2 amide bonds. The molecule has 0 aliphatic heterocycles. The number of aliphatic carboxylic acids is 1. The van der Waals surface area contributed by atoms with Crippen molar-refractivity contribution in [2.24, 2.45) is 5.41 Å². The maximum Gasteiger partial charge on any atom is 0.422 e. The van der Waals surface area contributed by atoms with Gasteiger partial charge in [-0.3, -0.25) is 9.59 Å². The molecule has 0 rings (SSSR count). The highest BCUT2D eigenvalue weighted by Crippen LogP contribution is 2.30. The van der Waals surface area contributed by atoms with Crippen LogP contribution in [-0.4, -0.2) is 40.6 Å². The summed E-state index contributed by atoms with van der Waals surface area (Å²) in [5, 5.41) is 12.3. The summed E-state index contributed by atoms with van der Waals surface area (Å²) in [6.07, 6.45) is -5.18. The van der Waals surface area contributed by atoms with Gasteiger partial charge >= 0.3 is 12.1 Å². The molecule has 0 aliphatic carbocycles. The Kier molecular flexibility index (Phi) is 5.40. The molecule has 0 saturated carbocycles. The monoisotopic (exact) mass is 312 g/mol. The molecule has 0 heterocycles. The molecule has 6 nitrogen and oxygen atoms in total. The van der Waals surface area contributed by atoms with Gasteiger partial charge in [-0.1, -0.05) is 20.8 Å². The van der Waals surface area contributed by atoms with Crippen LogP contribution in [0.5, 0.6) is 0 Å². The summed E-state index contributed by atoms with van der Waals surface area (Å²) in [7, 11) is 0. The molecule has 0 aromatic heterocycles. The molecule has 3 N–H and O–H groups in total. The molecule has 122 valence electrons. The normalized spacial score (nSPS) is 16.6. The highest BCUT2D eigenvalue weighted by Gasteiger charge is 2.58. The number of carbonyl (C=O) groups excluding carboxylic acids is 2. The number of carboxylic acid groups (broad SMARTS) is 1. The smallest absolute Gasteiger partial charge is 0.422 e. The van der Waals surface area contributed by atoms with Gasteiger partial charge in [0, 0.05) is 5.41 Å². The van der Waals surface area contributed by atoms with Crippen LogP contribution in [0.3, 0.4) is 0 Å². The third kappa shape index (κ3) is 4.61. The predicted molar refractivity (Wildman–Crippen MR) is 67.3 cm³/mol. The topological polar surface area (TPSA) is 95.5 Å². The number of hydrogen-bond acceptors (Lipinski definition) is 3. The minimum Gasteiger partial charge on any atom is -0.479 e. The summed E-state index contributed by atoms with van der Waals surface area (Å²) in [5.74, 6) is -4.03. The summed E-state index contributed by atoms with van der Waals surface area (Å²) in [6, 6.07) is -1.31. The number of alkyl halides is 3. The molecule has 21 heavy (non-hydrogen) atoms. The lowest BCUT2D eigenvalue weighted by atomic mass is 9.95. The van der Waals surface area contributed by atoms with E-state index < -0.39 is 41.0 Å². The maximum atomic E-state index is 12.7. The van der Waals surface area contributed by atoms with Crippen LogP contribution in [0.25, 0.3) is 0 Å². The molecule has 0 fully saturated rings. The highest BCUT2D eigenvalue weighted by molar-refractivity contribution is 5.93. The Hall–Kier alpha value is -1.80. The molecule has 9 heteroatoms. The van der Waals surface area contributed by atoms with Gasteiger partial charge < -0.3 is 15.7 Å². The Balaban J connectivity index is 5.04. The number of rotatable bonds is 4. The second kappa shape index (κ2) is 5.90. The molecular formula is C12H19F3N2O4. The highest BCUT2D eigenvalue weighted by atomic mass is 19.4. The summed E-state index contributed by atoms with van der Waals surface area (Å²) < 4.78 is 38.2. The molecule has 0 spiro atoms. The average molecular weight is 312 g/mol. The minimum absolute atomic E-state index is 0.339. The minimum atomic E-state index is -5.18. The van der Waals surface area contributed by atoms with Crippen LogP contribution >= 0.6 is 0 Å². The van der Waals surface area contributed by atoms with E-state index in [0.29, 0.717) is 6.92 Å². The van der Waals surface area contributed by atoms with Gasteiger partial charge in [-0.2, -0.15) is 13.2 Å². The van der Waals surface area contributed by atoms with E-state index in [2.05, 4.69) is 5.32 Å². The fraction of sp³-hybridized carbons (Fsp3) is 0.750. The second-order valence-electron chi connectivity index (χ2n) is 5.86. The first-order valence-corrected chi connectivity index (χ1v) is 6.06. The van der Waals surface area contributed by atoms with Crippen molar-refractivity contribution in [3.8, 4) is 0 Å². The van der Waals surface area contributed by atoms with E-state index in [4.69, 9.17) is 5.11 Å².